The second-order valence-electron chi connectivity index (χ2n) is 5.47. The van der Waals surface area contributed by atoms with Gasteiger partial charge in [0.25, 0.3) is 0 Å². The fourth-order valence-corrected chi connectivity index (χ4v) is 4.29. The van der Waals surface area contributed by atoms with Gasteiger partial charge in [-0.2, -0.15) is 0 Å². The minimum Gasteiger partial charge on any atom is -0.245 e. The summed E-state index contributed by atoms with van der Waals surface area (Å²) in [4.78, 5) is 0. The summed E-state index contributed by atoms with van der Waals surface area (Å²) in [7, 11) is 0. The van der Waals surface area contributed by atoms with Crippen LogP contribution >= 0.6 is 23.9 Å². The lowest BCUT2D eigenvalue weighted by molar-refractivity contribution is 0.333. The Morgan fingerprint density at radius 2 is 0.824 bits per heavy atom. The molecule has 0 heterocycles. The largest absolute Gasteiger partial charge is 0.245 e. The van der Waals surface area contributed by atoms with E-state index in [4.69, 9.17) is 0 Å². The van der Waals surface area contributed by atoms with Gasteiger partial charge < -0.3 is 0 Å². The first kappa shape index (κ1) is 17.6. The fraction of sp³-hybridized carbons (Fsp3) is 1.00. The highest BCUT2D eigenvalue weighted by Gasteiger charge is 2.17. The van der Waals surface area contributed by atoms with Gasteiger partial charge in [0.1, 0.15) is 0 Å². The van der Waals surface area contributed by atoms with Crippen molar-refractivity contribution >= 4 is 23.9 Å². The maximum Gasteiger partial charge on any atom is 0.0687 e. The molecule has 0 unspecified atom stereocenters. The van der Waals surface area contributed by atoms with Crippen LogP contribution in [0.4, 0.5) is 0 Å². The van der Waals surface area contributed by atoms with E-state index in [2.05, 4.69) is 64.0 Å². The number of hydrogen-bond acceptors (Lipinski definition) is 4. The molecular weight excluding hydrogens is 248 g/mol. The van der Waals surface area contributed by atoms with Gasteiger partial charge in [-0.05, 0) is 55.4 Å². The first-order valence-electron chi connectivity index (χ1n) is 6.59. The zero-order chi connectivity index (χ0) is 13.6. The molecule has 0 aliphatic heterocycles. The van der Waals surface area contributed by atoms with E-state index in [0.29, 0.717) is 24.2 Å². The quantitative estimate of drug-likeness (QED) is 0.477. The molecule has 0 fully saturated rings. The molecule has 0 aromatic heterocycles. The minimum absolute atomic E-state index is 0.604. The van der Waals surface area contributed by atoms with Gasteiger partial charge in [-0.1, -0.05) is 23.9 Å². The number of nitrogens with zero attached hydrogens (tertiary/aromatic N) is 2. The van der Waals surface area contributed by atoms with E-state index >= 15 is 0 Å². The molecule has 0 aliphatic rings. The highest BCUT2D eigenvalue weighted by molar-refractivity contribution is 8.13. The Balaban J connectivity index is 4.10. The second-order valence-corrected chi connectivity index (χ2v) is 7.77. The summed E-state index contributed by atoms with van der Waals surface area (Å²) in [5, 5.41) is 1.10. The van der Waals surface area contributed by atoms with Crippen LogP contribution in [0.15, 0.2) is 0 Å². The van der Waals surface area contributed by atoms with Gasteiger partial charge in [-0.3, -0.25) is 0 Å². The SMILES string of the molecule is CC(C)N(SCSN(C(C)C)C(C)C)C(C)C. The molecule has 0 atom stereocenters. The highest BCUT2D eigenvalue weighted by atomic mass is 32.2. The van der Waals surface area contributed by atoms with E-state index in [1.165, 1.54) is 0 Å². The molecule has 0 N–H and O–H groups in total. The van der Waals surface area contributed by atoms with Gasteiger partial charge in [-0.15, -0.1) is 0 Å². The topological polar surface area (TPSA) is 6.48 Å². The summed E-state index contributed by atoms with van der Waals surface area (Å²) in [5.41, 5.74) is 0. The molecule has 0 rings (SSSR count). The van der Waals surface area contributed by atoms with Crippen molar-refractivity contribution in [3.63, 3.8) is 0 Å². The van der Waals surface area contributed by atoms with Gasteiger partial charge in [0, 0.05) is 24.2 Å². The highest BCUT2D eigenvalue weighted by Crippen LogP contribution is 2.27. The Labute approximate surface area is 117 Å². The summed E-state index contributed by atoms with van der Waals surface area (Å²) >= 11 is 3.91. The maximum absolute atomic E-state index is 2.48. The van der Waals surface area contributed by atoms with E-state index in [9.17, 15) is 0 Å². The van der Waals surface area contributed by atoms with Crippen LogP contribution in [0.5, 0.6) is 0 Å². The lowest BCUT2D eigenvalue weighted by Gasteiger charge is -2.32. The Morgan fingerprint density at radius 3 is 1.00 bits per heavy atom. The molecule has 0 aromatic rings. The summed E-state index contributed by atoms with van der Waals surface area (Å²) in [6.07, 6.45) is 0. The standard InChI is InChI=1S/C13H30N2S2/c1-10(2)14(11(3)4)16-9-17-15(12(5)6)13(7)8/h10-13H,9H2,1-8H3. The summed E-state index contributed by atoms with van der Waals surface area (Å²) in [6.45, 7) is 18.1. The van der Waals surface area contributed by atoms with Gasteiger partial charge in [0.05, 0.1) is 5.08 Å². The van der Waals surface area contributed by atoms with E-state index in [1.54, 1.807) is 0 Å². The molecule has 0 spiro atoms. The van der Waals surface area contributed by atoms with Crippen LogP contribution in [0.1, 0.15) is 55.4 Å². The summed E-state index contributed by atoms with van der Waals surface area (Å²) < 4.78 is 4.96. The van der Waals surface area contributed by atoms with E-state index < -0.39 is 0 Å². The normalized spacial score (nSPS) is 13.1. The third kappa shape index (κ3) is 6.94. The number of hydrogen-bond donors (Lipinski definition) is 0. The van der Waals surface area contributed by atoms with Crippen LogP contribution < -0.4 is 0 Å². The Hall–Kier alpha value is 0.620. The van der Waals surface area contributed by atoms with Gasteiger partial charge in [0.15, 0.2) is 0 Å². The molecule has 0 saturated heterocycles. The van der Waals surface area contributed by atoms with E-state index in [-0.39, 0.29) is 0 Å². The molecule has 0 aliphatic carbocycles. The van der Waals surface area contributed by atoms with Crippen molar-refractivity contribution in [2.75, 3.05) is 5.08 Å². The maximum atomic E-state index is 2.48. The smallest absolute Gasteiger partial charge is 0.0687 e. The lowest BCUT2D eigenvalue weighted by Crippen LogP contribution is -2.33. The Kier molecular flexibility index (Phi) is 8.99. The first-order valence-corrected chi connectivity index (χ1v) is 8.48. The molecule has 0 aromatic carbocycles. The first-order chi connectivity index (χ1) is 7.77. The van der Waals surface area contributed by atoms with Crippen LogP contribution in [0.3, 0.4) is 0 Å². The van der Waals surface area contributed by atoms with Crippen molar-refractivity contribution in [3.05, 3.63) is 0 Å². The Bertz CT molecular complexity index is 158. The van der Waals surface area contributed by atoms with Crippen molar-refractivity contribution in [2.24, 2.45) is 0 Å². The molecule has 0 bridgehead atoms. The van der Waals surface area contributed by atoms with Crippen molar-refractivity contribution in [1.82, 2.24) is 8.61 Å². The zero-order valence-corrected chi connectivity index (χ0v) is 14.4. The Morgan fingerprint density at radius 1 is 0.588 bits per heavy atom. The monoisotopic (exact) mass is 278 g/mol. The van der Waals surface area contributed by atoms with Crippen molar-refractivity contribution in [1.29, 1.82) is 0 Å². The second kappa shape index (κ2) is 8.68. The molecule has 0 amide bonds. The summed E-state index contributed by atoms with van der Waals surface area (Å²) in [6, 6.07) is 2.42. The van der Waals surface area contributed by atoms with Crippen molar-refractivity contribution < 1.29 is 0 Å². The number of rotatable bonds is 8. The average molecular weight is 279 g/mol. The van der Waals surface area contributed by atoms with Crippen molar-refractivity contribution in [2.45, 2.75) is 79.6 Å². The molecule has 0 saturated carbocycles. The molecule has 104 valence electrons. The van der Waals surface area contributed by atoms with Crippen molar-refractivity contribution in [3.8, 4) is 0 Å². The molecule has 17 heavy (non-hydrogen) atoms. The predicted octanol–water partition coefficient (Wildman–Crippen LogP) is 4.48. The van der Waals surface area contributed by atoms with Crippen LogP contribution in [-0.2, 0) is 0 Å². The third-order valence-electron chi connectivity index (χ3n) is 2.44. The summed E-state index contributed by atoms with van der Waals surface area (Å²) in [5.74, 6) is 0. The fourth-order valence-electron chi connectivity index (χ4n) is 1.93. The lowest BCUT2D eigenvalue weighted by atomic mass is 10.3. The molecular formula is C13H30N2S2. The van der Waals surface area contributed by atoms with E-state index in [1.807, 2.05) is 23.9 Å². The molecule has 4 heteroatoms. The van der Waals surface area contributed by atoms with Crippen LogP contribution in [0.2, 0.25) is 0 Å². The zero-order valence-electron chi connectivity index (χ0n) is 12.7. The average Bonchev–Trinajstić information content (AvgIpc) is 2.14. The third-order valence-corrected chi connectivity index (χ3v) is 5.57. The predicted molar refractivity (Wildman–Crippen MR) is 84.3 cm³/mol. The van der Waals surface area contributed by atoms with Gasteiger partial charge in [0.2, 0.25) is 0 Å². The van der Waals surface area contributed by atoms with Crippen LogP contribution in [0.25, 0.3) is 0 Å². The molecule has 0 radical (unpaired) electrons. The van der Waals surface area contributed by atoms with Gasteiger partial charge in [-0.25, -0.2) is 8.61 Å². The van der Waals surface area contributed by atoms with Crippen LogP contribution in [0, 0.1) is 0 Å². The van der Waals surface area contributed by atoms with Crippen LogP contribution in [-0.4, -0.2) is 37.9 Å². The van der Waals surface area contributed by atoms with Gasteiger partial charge >= 0.3 is 0 Å². The minimum atomic E-state index is 0.604. The van der Waals surface area contributed by atoms with E-state index in [0.717, 1.165) is 5.08 Å². The molecule has 2 nitrogen and oxygen atoms in total.